The maximum Gasteiger partial charge on any atom is 0.0988 e. The highest BCUT2D eigenvalue weighted by molar-refractivity contribution is 6.15. The van der Waals surface area contributed by atoms with E-state index in [1.54, 1.807) is 0 Å². The molecule has 0 aliphatic carbocycles. The lowest BCUT2D eigenvalue weighted by Crippen LogP contribution is -2.24. The van der Waals surface area contributed by atoms with Gasteiger partial charge < -0.3 is 9.97 Å². The van der Waals surface area contributed by atoms with Crippen LogP contribution in [0.1, 0.15) is 76.9 Å². The van der Waals surface area contributed by atoms with E-state index in [2.05, 4.69) is 137 Å². The fourth-order valence-corrected chi connectivity index (χ4v) is 7.13. The van der Waals surface area contributed by atoms with Gasteiger partial charge in [-0.1, -0.05) is 88.7 Å². The SMILES string of the molecule is CCc1ccc(-c2c/c3[nH]/c2=C\C2=NC(C)(CC2(C)C)c2cc(-c4ccc(C)cc4)c([nH]2)C=C2N=C(\C=3)CC2(C)C)cc1. The van der Waals surface area contributed by atoms with Crippen LogP contribution in [0.25, 0.3) is 40.5 Å². The minimum Gasteiger partial charge on any atom is -0.356 e. The Bertz CT molecular complexity index is 1950. The number of hydrogen-bond donors (Lipinski definition) is 2. The Kier molecular flexibility index (Phi) is 6.22. The Labute approximate surface area is 255 Å². The molecule has 3 aliphatic rings. The number of rotatable bonds is 3. The van der Waals surface area contributed by atoms with Gasteiger partial charge in [-0.2, -0.15) is 0 Å². The lowest BCUT2D eigenvalue weighted by atomic mass is 9.79. The fourth-order valence-electron chi connectivity index (χ4n) is 7.13. The number of aryl methyl sites for hydroxylation is 2. The zero-order valence-electron chi connectivity index (χ0n) is 26.5. The summed E-state index contributed by atoms with van der Waals surface area (Å²) < 4.78 is 0. The van der Waals surface area contributed by atoms with Crippen molar-refractivity contribution in [2.45, 2.75) is 73.3 Å². The number of aliphatic imine (C=N–C) groups is 2. The number of fused-ring (bicyclic) bond motifs is 7. The molecule has 0 fully saturated rings. The van der Waals surface area contributed by atoms with Crippen molar-refractivity contribution in [1.29, 1.82) is 0 Å². The van der Waals surface area contributed by atoms with Gasteiger partial charge >= 0.3 is 0 Å². The van der Waals surface area contributed by atoms with E-state index in [0.717, 1.165) is 58.5 Å². The van der Waals surface area contributed by atoms with Crippen LogP contribution in [0.4, 0.5) is 0 Å². The number of aromatic amines is 2. The summed E-state index contributed by atoms with van der Waals surface area (Å²) in [5, 5.41) is 2.18. The first kappa shape index (κ1) is 27.6. The van der Waals surface area contributed by atoms with Crippen molar-refractivity contribution in [3.8, 4) is 22.3 Å². The quantitative estimate of drug-likeness (QED) is 0.252. The van der Waals surface area contributed by atoms with Crippen LogP contribution in [0.15, 0.2) is 76.3 Å². The molecule has 1 unspecified atom stereocenters. The summed E-state index contributed by atoms with van der Waals surface area (Å²) in [6.07, 6.45) is 9.65. The average Bonchev–Trinajstić information content (AvgIpc) is 3.68. The molecule has 2 aromatic carbocycles. The van der Waals surface area contributed by atoms with Crippen LogP contribution in [-0.4, -0.2) is 21.4 Å². The lowest BCUT2D eigenvalue weighted by Gasteiger charge is -2.24. The third-order valence-electron chi connectivity index (χ3n) is 9.64. The van der Waals surface area contributed by atoms with E-state index in [-0.39, 0.29) is 16.4 Å². The molecule has 7 rings (SSSR count). The molecule has 0 amide bonds. The van der Waals surface area contributed by atoms with Crippen molar-refractivity contribution < 1.29 is 0 Å². The monoisotopic (exact) mass is 566 g/mol. The molecule has 0 saturated heterocycles. The number of hydrogen-bond acceptors (Lipinski definition) is 2. The predicted octanol–water partition coefficient (Wildman–Crippen LogP) is 8.12. The molecule has 8 bridgehead atoms. The summed E-state index contributed by atoms with van der Waals surface area (Å²) in [6, 6.07) is 22.4. The smallest absolute Gasteiger partial charge is 0.0988 e. The number of benzene rings is 2. The molecule has 218 valence electrons. The minimum atomic E-state index is -0.379. The van der Waals surface area contributed by atoms with Crippen LogP contribution in [0.2, 0.25) is 0 Å². The summed E-state index contributed by atoms with van der Waals surface area (Å²) in [6.45, 7) is 15.9. The summed E-state index contributed by atoms with van der Waals surface area (Å²) in [7, 11) is 0. The van der Waals surface area contributed by atoms with Crippen LogP contribution in [0.5, 0.6) is 0 Å². The number of nitrogens with zero attached hydrogens (tertiary/aromatic N) is 2. The summed E-state index contributed by atoms with van der Waals surface area (Å²) in [5.74, 6) is 0. The Hall–Kier alpha value is -4.18. The van der Waals surface area contributed by atoms with Crippen molar-refractivity contribution >= 4 is 29.7 Å². The number of nitrogens with one attached hydrogen (secondary N) is 2. The number of allylic oxidation sites excluding steroid dienone is 1. The number of H-pyrrole nitrogens is 2. The van der Waals surface area contributed by atoms with Gasteiger partial charge in [0.15, 0.2) is 0 Å². The highest BCUT2D eigenvalue weighted by Crippen LogP contribution is 2.47. The maximum absolute atomic E-state index is 5.50. The minimum absolute atomic E-state index is 0.0797. The first-order chi connectivity index (χ1) is 20.4. The lowest BCUT2D eigenvalue weighted by molar-refractivity contribution is 0.370. The van der Waals surface area contributed by atoms with E-state index in [4.69, 9.17) is 9.98 Å². The van der Waals surface area contributed by atoms with Gasteiger partial charge in [-0.05, 0) is 73.7 Å². The number of aromatic nitrogens is 2. The normalized spacial score (nSPS) is 23.2. The molecule has 0 radical (unpaired) electrons. The van der Waals surface area contributed by atoms with Gasteiger partial charge in [0.2, 0.25) is 0 Å². The molecule has 4 nitrogen and oxygen atoms in total. The molecular formula is C39H42N4. The molecule has 43 heavy (non-hydrogen) atoms. The average molecular weight is 567 g/mol. The van der Waals surface area contributed by atoms with Crippen molar-refractivity contribution in [1.82, 2.24) is 9.97 Å². The Balaban J connectivity index is 1.49. The van der Waals surface area contributed by atoms with Gasteiger partial charge in [0.05, 0.1) is 5.54 Å². The molecule has 4 heteroatoms. The molecule has 4 aromatic rings. The van der Waals surface area contributed by atoms with E-state index < -0.39 is 0 Å². The molecule has 3 aliphatic heterocycles. The molecule has 1 atom stereocenters. The van der Waals surface area contributed by atoms with Crippen molar-refractivity contribution in [3.05, 3.63) is 99.6 Å². The highest BCUT2D eigenvalue weighted by atomic mass is 15.0. The molecule has 0 spiro atoms. The highest BCUT2D eigenvalue weighted by Gasteiger charge is 2.44. The zero-order valence-corrected chi connectivity index (χ0v) is 26.5. The Morgan fingerprint density at radius 1 is 0.767 bits per heavy atom. The molecule has 2 N–H and O–H groups in total. The van der Waals surface area contributed by atoms with Crippen LogP contribution >= 0.6 is 0 Å². The van der Waals surface area contributed by atoms with E-state index in [1.807, 2.05) is 0 Å². The largest absolute Gasteiger partial charge is 0.356 e. The summed E-state index contributed by atoms with van der Waals surface area (Å²) in [5.41, 5.74) is 12.5. The van der Waals surface area contributed by atoms with E-state index in [9.17, 15) is 0 Å². The van der Waals surface area contributed by atoms with E-state index >= 15 is 0 Å². The third kappa shape index (κ3) is 4.87. The predicted molar refractivity (Wildman–Crippen MR) is 182 cm³/mol. The van der Waals surface area contributed by atoms with Crippen molar-refractivity contribution in [3.63, 3.8) is 0 Å². The zero-order chi connectivity index (χ0) is 30.1. The molecular weight excluding hydrogens is 524 g/mol. The van der Waals surface area contributed by atoms with Gasteiger partial charge in [0.25, 0.3) is 0 Å². The van der Waals surface area contributed by atoms with Gasteiger partial charge in [0.1, 0.15) is 0 Å². The second-order valence-corrected chi connectivity index (χ2v) is 14.3. The Morgan fingerprint density at radius 3 is 2.19 bits per heavy atom. The first-order valence-electron chi connectivity index (χ1n) is 15.6. The van der Waals surface area contributed by atoms with E-state index in [0.29, 0.717) is 0 Å². The Morgan fingerprint density at radius 2 is 1.47 bits per heavy atom. The third-order valence-corrected chi connectivity index (χ3v) is 9.64. The van der Waals surface area contributed by atoms with Gasteiger partial charge in [0, 0.05) is 67.6 Å². The van der Waals surface area contributed by atoms with E-state index in [1.165, 1.54) is 33.4 Å². The molecule has 0 saturated carbocycles. The van der Waals surface area contributed by atoms with Gasteiger partial charge in [-0.15, -0.1) is 0 Å². The second kappa shape index (κ2) is 9.67. The second-order valence-electron chi connectivity index (χ2n) is 14.3. The van der Waals surface area contributed by atoms with Crippen molar-refractivity contribution in [2.24, 2.45) is 20.8 Å². The van der Waals surface area contributed by atoms with Crippen LogP contribution < -0.4 is 10.7 Å². The van der Waals surface area contributed by atoms with Gasteiger partial charge in [-0.3, -0.25) is 9.98 Å². The topological polar surface area (TPSA) is 56.3 Å². The van der Waals surface area contributed by atoms with Crippen LogP contribution in [0.3, 0.4) is 0 Å². The fraction of sp³-hybridized carbons (Fsp3) is 0.333. The van der Waals surface area contributed by atoms with Crippen LogP contribution in [-0.2, 0) is 12.0 Å². The van der Waals surface area contributed by atoms with Crippen molar-refractivity contribution in [2.75, 3.05) is 0 Å². The molecule has 2 aromatic heterocycles. The molecule has 5 heterocycles. The van der Waals surface area contributed by atoms with Gasteiger partial charge in [-0.25, -0.2) is 0 Å². The first-order valence-corrected chi connectivity index (χ1v) is 15.6. The summed E-state index contributed by atoms with van der Waals surface area (Å²) in [4.78, 5) is 18.3. The van der Waals surface area contributed by atoms with Crippen LogP contribution in [0, 0.1) is 17.8 Å². The standard InChI is InChI=1S/C39H42N4/c1-8-25-11-15-27(16-12-25)30-18-28-17-29-22-37(3,4)34(41-29)20-33-31(26-13-9-24(2)10-14-26)19-36(42-33)39(7)23-38(5,6)35(43-39)21-32(30)40-28/h9-21,40,42H,8,22-23H2,1-7H3/b28-17-,32-21-,34-20?. The maximum atomic E-state index is 5.50. The summed E-state index contributed by atoms with van der Waals surface area (Å²) >= 11 is 0.